The molecule has 0 unspecified atom stereocenters. The van der Waals surface area contributed by atoms with Gasteiger partial charge in [-0.1, -0.05) is 19.1 Å². The van der Waals surface area contributed by atoms with E-state index in [4.69, 9.17) is 0 Å². The Morgan fingerprint density at radius 1 is 1.33 bits per heavy atom. The number of nitrogens with zero attached hydrogens (tertiary/aromatic N) is 2. The summed E-state index contributed by atoms with van der Waals surface area (Å²) in [6.07, 6.45) is 4.22. The van der Waals surface area contributed by atoms with Crippen molar-refractivity contribution < 1.29 is 9.18 Å². The molecule has 6 heteroatoms. The third kappa shape index (κ3) is 3.54. The Balaban J connectivity index is 1.69. The van der Waals surface area contributed by atoms with E-state index in [1.165, 1.54) is 17.0 Å². The van der Waals surface area contributed by atoms with Gasteiger partial charge >= 0.3 is 0 Å². The minimum Gasteiger partial charge on any atom is -0.319 e. The second kappa shape index (κ2) is 6.97. The van der Waals surface area contributed by atoms with Gasteiger partial charge in [0.2, 0.25) is 0 Å². The summed E-state index contributed by atoms with van der Waals surface area (Å²) in [6.45, 7) is 4.60. The van der Waals surface area contributed by atoms with E-state index >= 15 is 0 Å². The van der Waals surface area contributed by atoms with Crippen molar-refractivity contribution in [3.05, 3.63) is 69.4 Å². The zero-order valence-corrected chi connectivity index (χ0v) is 14.4. The number of hydrogen-bond donors (Lipinski definition) is 1. The Morgan fingerprint density at radius 2 is 2.08 bits per heavy atom. The van der Waals surface area contributed by atoms with E-state index in [1.54, 1.807) is 40.5 Å². The summed E-state index contributed by atoms with van der Waals surface area (Å²) in [5.74, 6) is -0.373. The summed E-state index contributed by atoms with van der Waals surface area (Å²) < 4.78 is 14.6. The number of thiophene rings is 1. The number of amides is 1. The summed E-state index contributed by atoms with van der Waals surface area (Å²) in [6, 6.07) is 6.28. The van der Waals surface area contributed by atoms with Gasteiger partial charge in [0.1, 0.15) is 5.82 Å². The Labute approximate surface area is 143 Å². The lowest BCUT2D eigenvalue weighted by atomic mass is 10.1. The fourth-order valence-electron chi connectivity index (χ4n) is 2.60. The normalized spacial score (nSPS) is 10.8. The molecule has 2 heterocycles. The molecule has 4 nitrogen and oxygen atoms in total. The van der Waals surface area contributed by atoms with Gasteiger partial charge < -0.3 is 5.32 Å². The van der Waals surface area contributed by atoms with E-state index in [0.29, 0.717) is 12.2 Å². The number of benzene rings is 1. The van der Waals surface area contributed by atoms with Crippen LogP contribution >= 0.6 is 11.3 Å². The molecule has 2 aromatic heterocycles. The highest BCUT2D eigenvalue weighted by Crippen LogP contribution is 2.23. The van der Waals surface area contributed by atoms with E-state index in [9.17, 15) is 9.18 Å². The van der Waals surface area contributed by atoms with E-state index in [-0.39, 0.29) is 11.7 Å². The van der Waals surface area contributed by atoms with Crippen LogP contribution in [0.4, 0.5) is 10.1 Å². The van der Waals surface area contributed by atoms with Crippen molar-refractivity contribution in [1.29, 1.82) is 0 Å². The molecule has 1 aromatic carbocycles. The number of carbonyl (C=O) groups excluding carboxylic acids is 1. The summed E-state index contributed by atoms with van der Waals surface area (Å²) in [7, 11) is 0. The highest BCUT2D eigenvalue weighted by molar-refractivity contribution is 7.10. The first kappa shape index (κ1) is 16.4. The molecule has 0 aliphatic rings. The van der Waals surface area contributed by atoms with Crippen LogP contribution in [0, 0.1) is 12.7 Å². The lowest BCUT2D eigenvalue weighted by Gasteiger charge is -2.04. The molecule has 0 fully saturated rings. The summed E-state index contributed by atoms with van der Waals surface area (Å²) in [5, 5.41) is 9.02. The molecule has 1 N–H and O–H groups in total. The molecule has 0 aliphatic carbocycles. The van der Waals surface area contributed by atoms with Gasteiger partial charge in [-0.2, -0.15) is 5.10 Å². The quantitative estimate of drug-likeness (QED) is 0.752. The third-order valence-electron chi connectivity index (χ3n) is 3.85. The fraction of sp³-hybridized carbons (Fsp3) is 0.222. The van der Waals surface area contributed by atoms with Crippen molar-refractivity contribution >= 4 is 22.9 Å². The monoisotopic (exact) mass is 343 g/mol. The average molecular weight is 343 g/mol. The van der Waals surface area contributed by atoms with Crippen molar-refractivity contribution in [3.63, 3.8) is 0 Å². The SMILES string of the molecule is CCc1c(C(=O)Nc2cnn(Cc3ccc(F)cc3)c2)csc1C. The number of rotatable bonds is 5. The van der Waals surface area contributed by atoms with Crippen LogP contribution in [0.2, 0.25) is 0 Å². The van der Waals surface area contributed by atoms with Crippen LogP contribution in [0.15, 0.2) is 42.0 Å². The summed E-state index contributed by atoms with van der Waals surface area (Å²) >= 11 is 1.59. The standard InChI is InChI=1S/C18H18FN3OS/c1-3-16-12(2)24-11-17(16)18(23)21-15-8-20-22(10-15)9-13-4-6-14(19)7-5-13/h4-8,10-11H,3,9H2,1-2H3,(H,21,23). The zero-order chi connectivity index (χ0) is 17.1. The molecule has 24 heavy (non-hydrogen) atoms. The van der Waals surface area contributed by atoms with Crippen molar-refractivity contribution in [3.8, 4) is 0 Å². The number of nitrogens with one attached hydrogen (secondary N) is 1. The molecule has 0 saturated carbocycles. The number of anilines is 1. The number of aromatic nitrogens is 2. The van der Waals surface area contributed by atoms with Crippen molar-refractivity contribution in [2.75, 3.05) is 5.32 Å². The summed E-state index contributed by atoms with van der Waals surface area (Å²) in [5.41, 5.74) is 3.41. The lowest BCUT2D eigenvalue weighted by molar-refractivity contribution is 0.102. The Morgan fingerprint density at radius 3 is 2.79 bits per heavy atom. The number of aryl methyl sites for hydroxylation is 1. The predicted molar refractivity (Wildman–Crippen MR) is 94.1 cm³/mol. The van der Waals surface area contributed by atoms with Gasteiger partial charge in [0.15, 0.2) is 0 Å². The van der Waals surface area contributed by atoms with Crippen molar-refractivity contribution in [2.24, 2.45) is 0 Å². The van der Waals surface area contributed by atoms with Crippen LogP contribution < -0.4 is 5.32 Å². The third-order valence-corrected chi connectivity index (χ3v) is 4.80. The van der Waals surface area contributed by atoms with Crippen LogP contribution in [-0.4, -0.2) is 15.7 Å². The predicted octanol–water partition coefficient (Wildman–Crippen LogP) is 4.26. The molecular formula is C18H18FN3OS. The maximum atomic E-state index is 12.9. The smallest absolute Gasteiger partial charge is 0.256 e. The van der Waals surface area contributed by atoms with Gasteiger partial charge in [-0.05, 0) is 36.6 Å². The highest BCUT2D eigenvalue weighted by Gasteiger charge is 2.15. The van der Waals surface area contributed by atoms with Crippen LogP contribution in [0.3, 0.4) is 0 Å². The molecule has 0 saturated heterocycles. The Hall–Kier alpha value is -2.47. The first-order valence-corrected chi connectivity index (χ1v) is 8.60. The topological polar surface area (TPSA) is 46.9 Å². The molecule has 0 atom stereocenters. The van der Waals surface area contributed by atoms with Crippen LogP contribution in [0.5, 0.6) is 0 Å². The largest absolute Gasteiger partial charge is 0.319 e. The number of halogens is 1. The van der Waals surface area contributed by atoms with Crippen molar-refractivity contribution in [2.45, 2.75) is 26.8 Å². The van der Waals surface area contributed by atoms with Crippen LogP contribution in [-0.2, 0) is 13.0 Å². The van der Waals surface area contributed by atoms with Gasteiger partial charge in [-0.15, -0.1) is 11.3 Å². The van der Waals surface area contributed by atoms with E-state index in [0.717, 1.165) is 23.1 Å². The van der Waals surface area contributed by atoms with Crippen LogP contribution in [0.1, 0.15) is 33.3 Å². The average Bonchev–Trinajstić information content (AvgIpc) is 3.15. The van der Waals surface area contributed by atoms with Gasteiger partial charge in [-0.3, -0.25) is 9.48 Å². The van der Waals surface area contributed by atoms with E-state index in [2.05, 4.69) is 10.4 Å². The van der Waals surface area contributed by atoms with E-state index < -0.39 is 0 Å². The Kier molecular flexibility index (Phi) is 4.76. The second-order valence-electron chi connectivity index (χ2n) is 5.54. The molecule has 0 spiro atoms. The van der Waals surface area contributed by atoms with E-state index in [1.807, 2.05) is 19.2 Å². The zero-order valence-electron chi connectivity index (χ0n) is 13.5. The van der Waals surface area contributed by atoms with Crippen molar-refractivity contribution in [1.82, 2.24) is 9.78 Å². The first-order valence-electron chi connectivity index (χ1n) is 7.72. The number of carbonyl (C=O) groups is 1. The molecule has 0 bridgehead atoms. The number of hydrogen-bond acceptors (Lipinski definition) is 3. The Bertz CT molecular complexity index is 852. The molecule has 3 aromatic rings. The molecule has 0 aliphatic heterocycles. The second-order valence-corrected chi connectivity index (χ2v) is 6.63. The molecule has 124 valence electrons. The summed E-state index contributed by atoms with van der Waals surface area (Å²) in [4.78, 5) is 13.6. The molecule has 0 radical (unpaired) electrons. The minimum atomic E-state index is -0.259. The first-order chi connectivity index (χ1) is 11.6. The minimum absolute atomic E-state index is 0.113. The highest BCUT2D eigenvalue weighted by atomic mass is 32.1. The fourth-order valence-corrected chi connectivity index (χ4v) is 3.54. The van der Waals surface area contributed by atoms with Gasteiger partial charge in [-0.25, -0.2) is 4.39 Å². The van der Waals surface area contributed by atoms with Gasteiger partial charge in [0, 0.05) is 16.5 Å². The maximum absolute atomic E-state index is 12.9. The maximum Gasteiger partial charge on any atom is 0.256 e. The molecule has 3 rings (SSSR count). The van der Waals surface area contributed by atoms with Gasteiger partial charge in [0.25, 0.3) is 5.91 Å². The van der Waals surface area contributed by atoms with Crippen LogP contribution in [0.25, 0.3) is 0 Å². The van der Waals surface area contributed by atoms with Gasteiger partial charge in [0.05, 0.1) is 24.0 Å². The molecule has 1 amide bonds. The molecular weight excluding hydrogens is 325 g/mol. The lowest BCUT2D eigenvalue weighted by Crippen LogP contribution is -2.12.